The summed E-state index contributed by atoms with van der Waals surface area (Å²) in [4.78, 5) is 56.2. The summed E-state index contributed by atoms with van der Waals surface area (Å²) in [5.41, 5.74) is 4.48. The fraction of sp³-hybridized carbons (Fsp3) is 0.424. The number of halogens is 1. The number of carbonyl (C=O) groups is 3. The van der Waals surface area contributed by atoms with E-state index in [-0.39, 0.29) is 35.2 Å². The maximum absolute atomic E-state index is 13.4. The van der Waals surface area contributed by atoms with Crippen LogP contribution < -0.4 is 21.1 Å². The molecule has 3 fully saturated rings. The van der Waals surface area contributed by atoms with Crippen LogP contribution in [0.15, 0.2) is 59.5 Å². The molecule has 3 aromatic rings. The number of carbonyl (C=O) groups excluding carboxylic acids is 3. The van der Waals surface area contributed by atoms with Gasteiger partial charge in [-0.25, -0.2) is 4.68 Å². The van der Waals surface area contributed by atoms with Gasteiger partial charge in [0.2, 0.25) is 11.8 Å². The number of aryl methyl sites for hydroxylation is 1. The van der Waals surface area contributed by atoms with Crippen molar-refractivity contribution in [3.63, 3.8) is 0 Å². The minimum absolute atomic E-state index is 0.0338. The Balaban J connectivity index is 1.05. The molecule has 2 N–H and O–H groups in total. The number of benzene rings is 2. The topological polar surface area (TPSA) is 120 Å². The first-order valence-corrected chi connectivity index (χ1v) is 16.5. The van der Waals surface area contributed by atoms with Crippen LogP contribution >= 0.6 is 22.6 Å². The molecular weight excluding hydrogens is 685 g/mol. The SMILES string of the molecule is CN1C[C@H](Nc2cnn(C)c(=O)c2I)C[C@H](c2ccc(C(=O)N3CCN(c4cccc(C5CCC(=O)NC5=O)c4)CC3)cc2)C1. The molecule has 3 saturated heterocycles. The van der Waals surface area contributed by atoms with E-state index >= 15 is 0 Å². The van der Waals surface area contributed by atoms with Crippen molar-refractivity contribution in [1.29, 1.82) is 0 Å². The second kappa shape index (κ2) is 13.3. The Morgan fingerprint density at radius 2 is 1.73 bits per heavy atom. The zero-order valence-corrected chi connectivity index (χ0v) is 27.7. The van der Waals surface area contributed by atoms with E-state index in [1.807, 2.05) is 41.3 Å². The second-order valence-corrected chi connectivity index (χ2v) is 13.4. The first kappa shape index (κ1) is 31.2. The number of imide groups is 1. The fourth-order valence-corrected chi connectivity index (χ4v) is 7.34. The minimum atomic E-state index is -0.315. The van der Waals surface area contributed by atoms with Gasteiger partial charge in [-0.15, -0.1) is 0 Å². The summed E-state index contributed by atoms with van der Waals surface area (Å²) in [7, 11) is 3.76. The van der Waals surface area contributed by atoms with Gasteiger partial charge in [-0.05, 0) is 83.8 Å². The van der Waals surface area contributed by atoms with Gasteiger partial charge in [0.25, 0.3) is 11.5 Å². The van der Waals surface area contributed by atoms with Crippen LogP contribution in [-0.2, 0) is 16.6 Å². The van der Waals surface area contributed by atoms with Crippen molar-refractivity contribution in [2.24, 2.45) is 7.05 Å². The van der Waals surface area contributed by atoms with Gasteiger partial charge >= 0.3 is 0 Å². The van der Waals surface area contributed by atoms with Crippen molar-refractivity contribution >= 4 is 51.7 Å². The van der Waals surface area contributed by atoms with Crippen LogP contribution in [0.3, 0.4) is 0 Å². The Morgan fingerprint density at radius 1 is 0.978 bits per heavy atom. The Kier molecular flexibility index (Phi) is 9.22. The Hall–Kier alpha value is -3.78. The molecule has 2 aromatic carbocycles. The molecular formula is C33H38IN7O4. The van der Waals surface area contributed by atoms with E-state index in [2.05, 4.69) is 67.3 Å². The summed E-state index contributed by atoms with van der Waals surface area (Å²) in [5.74, 6) is -0.430. The molecule has 236 valence electrons. The summed E-state index contributed by atoms with van der Waals surface area (Å²) in [6, 6.07) is 16.2. The lowest BCUT2D eigenvalue weighted by molar-refractivity contribution is -0.134. The van der Waals surface area contributed by atoms with Gasteiger partial charge in [-0.1, -0.05) is 24.3 Å². The van der Waals surface area contributed by atoms with E-state index in [1.165, 1.54) is 10.2 Å². The van der Waals surface area contributed by atoms with E-state index < -0.39 is 0 Å². The number of hydrogen-bond donors (Lipinski definition) is 2. The molecule has 3 amide bonds. The molecule has 1 aromatic heterocycles. The summed E-state index contributed by atoms with van der Waals surface area (Å²) in [5, 5.41) is 10.2. The Labute approximate surface area is 276 Å². The molecule has 6 rings (SSSR count). The lowest BCUT2D eigenvalue weighted by Gasteiger charge is -2.37. The molecule has 1 unspecified atom stereocenters. The Morgan fingerprint density at radius 3 is 2.47 bits per heavy atom. The summed E-state index contributed by atoms with van der Waals surface area (Å²) >= 11 is 2.08. The molecule has 0 aliphatic carbocycles. The molecule has 0 radical (unpaired) electrons. The average Bonchev–Trinajstić information content (AvgIpc) is 3.05. The smallest absolute Gasteiger partial charge is 0.282 e. The van der Waals surface area contributed by atoms with Crippen molar-refractivity contribution < 1.29 is 14.4 Å². The second-order valence-electron chi connectivity index (χ2n) is 12.3. The van der Waals surface area contributed by atoms with Gasteiger partial charge in [0, 0.05) is 70.0 Å². The van der Waals surface area contributed by atoms with Gasteiger partial charge in [-0.3, -0.25) is 24.5 Å². The van der Waals surface area contributed by atoms with Crippen LogP contribution in [0.5, 0.6) is 0 Å². The quantitative estimate of drug-likeness (QED) is 0.295. The number of rotatable bonds is 6. The van der Waals surface area contributed by atoms with Crippen LogP contribution in [0.2, 0.25) is 0 Å². The number of amides is 3. The number of likely N-dealkylation sites (N-methyl/N-ethyl adjacent to an activating group) is 1. The van der Waals surface area contributed by atoms with Crippen molar-refractivity contribution in [3.8, 4) is 0 Å². The monoisotopic (exact) mass is 723 g/mol. The van der Waals surface area contributed by atoms with Gasteiger partial charge in [0.1, 0.15) is 3.57 Å². The predicted molar refractivity (Wildman–Crippen MR) is 181 cm³/mol. The van der Waals surface area contributed by atoms with Crippen LogP contribution in [0.4, 0.5) is 11.4 Å². The lowest BCUT2D eigenvalue weighted by atomic mass is 9.87. The highest BCUT2D eigenvalue weighted by atomic mass is 127. The minimum Gasteiger partial charge on any atom is -0.379 e. The zero-order valence-electron chi connectivity index (χ0n) is 25.5. The largest absolute Gasteiger partial charge is 0.379 e. The lowest BCUT2D eigenvalue weighted by Crippen LogP contribution is -2.48. The third kappa shape index (κ3) is 6.91. The standard InChI is InChI=1S/C33H38IN7O4/c1-38-19-24(16-25(20-38)36-28-18-35-39(2)33(45)30(28)34)21-6-8-22(9-7-21)32(44)41-14-12-40(13-15-41)26-5-3-4-23(17-26)27-10-11-29(42)37-31(27)43/h3-9,17-18,24-25,27,36H,10-16,19-20H2,1-2H3,(H,37,42,43)/t24-,25+,27?/m0/s1. The highest BCUT2D eigenvalue weighted by molar-refractivity contribution is 14.1. The van der Waals surface area contributed by atoms with Crippen molar-refractivity contribution in [2.75, 3.05) is 56.5 Å². The van der Waals surface area contributed by atoms with Gasteiger partial charge in [-0.2, -0.15) is 5.10 Å². The molecule has 45 heavy (non-hydrogen) atoms. The van der Waals surface area contributed by atoms with Crippen LogP contribution in [-0.4, -0.2) is 89.7 Å². The predicted octanol–water partition coefficient (Wildman–Crippen LogP) is 2.77. The molecule has 0 spiro atoms. The molecule has 0 bridgehead atoms. The number of hydrogen-bond acceptors (Lipinski definition) is 8. The zero-order chi connectivity index (χ0) is 31.7. The molecule has 3 atom stereocenters. The molecule has 11 nitrogen and oxygen atoms in total. The molecule has 12 heteroatoms. The number of anilines is 2. The van der Waals surface area contributed by atoms with Gasteiger partial charge < -0.3 is 20.0 Å². The average molecular weight is 724 g/mol. The third-order valence-corrected chi connectivity index (χ3v) is 10.2. The summed E-state index contributed by atoms with van der Waals surface area (Å²) < 4.78 is 1.98. The third-order valence-electron chi connectivity index (χ3n) is 9.14. The van der Waals surface area contributed by atoms with E-state index in [4.69, 9.17) is 0 Å². The van der Waals surface area contributed by atoms with Crippen LogP contribution in [0.1, 0.15) is 52.6 Å². The maximum Gasteiger partial charge on any atom is 0.282 e. The van der Waals surface area contributed by atoms with E-state index in [0.29, 0.717) is 54.1 Å². The first-order valence-electron chi connectivity index (χ1n) is 15.4. The number of nitrogens with zero attached hydrogens (tertiary/aromatic N) is 5. The normalized spacial score (nSPS) is 22.7. The maximum atomic E-state index is 13.4. The summed E-state index contributed by atoms with van der Waals surface area (Å²) in [6.07, 6.45) is 3.51. The number of piperidine rings is 2. The molecule has 4 heterocycles. The number of piperazine rings is 1. The van der Waals surface area contributed by atoms with Gasteiger partial charge in [0.15, 0.2) is 0 Å². The molecule has 0 saturated carbocycles. The summed E-state index contributed by atoms with van der Waals surface area (Å²) in [6.45, 7) is 4.41. The van der Waals surface area contributed by atoms with E-state index in [1.54, 1.807) is 13.2 Å². The van der Waals surface area contributed by atoms with E-state index in [0.717, 1.165) is 36.4 Å². The molecule has 3 aliphatic heterocycles. The Bertz CT molecular complexity index is 1650. The molecule has 3 aliphatic rings. The number of aromatic nitrogens is 2. The van der Waals surface area contributed by atoms with Crippen molar-refractivity contribution in [1.82, 2.24) is 24.9 Å². The number of likely N-dealkylation sites (tertiary alicyclic amines) is 1. The first-order chi connectivity index (χ1) is 21.7. The van der Waals surface area contributed by atoms with Crippen LogP contribution in [0, 0.1) is 3.57 Å². The number of nitrogens with one attached hydrogen (secondary N) is 2. The van der Waals surface area contributed by atoms with E-state index in [9.17, 15) is 19.2 Å². The van der Waals surface area contributed by atoms with Crippen molar-refractivity contribution in [2.45, 2.75) is 37.1 Å². The van der Waals surface area contributed by atoms with Gasteiger partial charge in [0.05, 0.1) is 17.8 Å². The highest BCUT2D eigenvalue weighted by Gasteiger charge is 2.30. The van der Waals surface area contributed by atoms with Crippen molar-refractivity contribution in [3.05, 3.63) is 85.3 Å². The fourth-order valence-electron chi connectivity index (χ4n) is 6.69. The van der Waals surface area contributed by atoms with Crippen LogP contribution in [0.25, 0.3) is 0 Å². The highest BCUT2D eigenvalue weighted by Crippen LogP contribution is 2.30.